The molecule has 0 nitrogen and oxygen atoms in total. The van der Waals surface area contributed by atoms with E-state index in [9.17, 15) is 0 Å². The van der Waals surface area contributed by atoms with E-state index in [2.05, 4.69) is 25.6 Å². The summed E-state index contributed by atoms with van der Waals surface area (Å²) in [5.74, 6) is 6.78. The molecule has 0 saturated heterocycles. The van der Waals surface area contributed by atoms with Crippen LogP contribution in [0.2, 0.25) is 22.7 Å². The fourth-order valence-corrected chi connectivity index (χ4v) is 18.6. The molecule has 8 bridgehead atoms. The van der Waals surface area contributed by atoms with Gasteiger partial charge in [-0.3, -0.25) is 0 Å². The fraction of sp³-hybridized carbons (Fsp3) is 0.931. The lowest BCUT2D eigenvalue weighted by atomic mass is 9.55. The molecule has 1 heteroatoms. The van der Waals surface area contributed by atoms with Gasteiger partial charge >= 0.3 is 0 Å². The summed E-state index contributed by atoms with van der Waals surface area (Å²) in [5, 5.41) is 1.67. The van der Waals surface area contributed by atoms with Gasteiger partial charge in [0.1, 0.15) is 0 Å². The van der Waals surface area contributed by atoms with E-state index in [1.54, 1.807) is 83.1 Å². The number of allylic oxidation sites excluding steroid dienone is 2. The van der Waals surface area contributed by atoms with Crippen LogP contribution < -0.4 is 0 Å². The largest absolute Gasteiger partial charge is 0.0912 e. The molecule has 0 atom stereocenters. The van der Waals surface area contributed by atoms with Crippen LogP contribution in [0.1, 0.15) is 110 Å². The fourth-order valence-electron chi connectivity index (χ4n) is 11.5. The Hall–Kier alpha value is -0.0431. The van der Waals surface area contributed by atoms with Gasteiger partial charge in [-0.15, -0.1) is 0 Å². The van der Waals surface area contributed by atoms with E-state index in [0.29, 0.717) is 0 Å². The zero-order valence-corrected chi connectivity index (χ0v) is 21.1. The molecule has 8 rings (SSSR count). The molecule has 0 aromatic carbocycles. The van der Waals surface area contributed by atoms with Crippen LogP contribution in [-0.2, 0) is 0 Å². The van der Waals surface area contributed by atoms with E-state index >= 15 is 0 Å². The van der Waals surface area contributed by atoms with E-state index in [-0.39, 0.29) is 0 Å². The molecule has 0 aliphatic heterocycles. The summed E-state index contributed by atoms with van der Waals surface area (Å²) in [6.45, 7) is 5.36. The first-order valence-electron chi connectivity index (χ1n) is 14.2. The minimum absolute atomic E-state index is 0.835. The summed E-state index contributed by atoms with van der Waals surface area (Å²) in [6.07, 6.45) is 30.7. The molecule has 8 saturated carbocycles. The molecule has 8 aliphatic rings. The average Bonchev–Trinajstić information content (AvgIpc) is 2.68. The van der Waals surface area contributed by atoms with Crippen LogP contribution in [0.25, 0.3) is 0 Å². The van der Waals surface area contributed by atoms with Gasteiger partial charge in [0.05, 0.1) is 8.07 Å². The Kier molecular flexibility index (Phi) is 5.13. The van der Waals surface area contributed by atoms with E-state index in [1.807, 2.05) is 0 Å². The smallest absolute Gasteiger partial charge is 0.0667 e. The van der Waals surface area contributed by atoms with Gasteiger partial charge in [-0.1, -0.05) is 38.5 Å². The molecule has 0 spiro atoms. The van der Waals surface area contributed by atoms with Gasteiger partial charge in [0.15, 0.2) is 0 Å². The lowest BCUT2D eigenvalue weighted by Crippen LogP contribution is -2.64. The van der Waals surface area contributed by atoms with Crippen molar-refractivity contribution in [2.24, 2.45) is 35.5 Å². The Morgan fingerprint density at radius 1 is 0.633 bits per heavy atom. The molecule has 0 heterocycles. The van der Waals surface area contributed by atoms with Gasteiger partial charge in [0.2, 0.25) is 0 Å². The van der Waals surface area contributed by atoms with Crippen LogP contribution in [0, 0.1) is 35.5 Å². The Balaban J connectivity index is 1.33. The molecule has 0 radical (unpaired) electrons. The van der Waals surface area contributed by atoms with Gasteiger partial charge < -0.3 is 0 Å². The van der Waals surface area contributed by atoms with Crippen molar-refractivity contribution in [2.45, 2.75) is 132 Å². The summed E-state index contributed by atoms with van der Waals surface area (Å²) >= 11 is 0. The van der Waals surface area contributed by atoms with Crippen molar-refractivity contribution >= 4 is 8.07 Å². The molecule has 168 valence electrons. The highest BCUT2D eigenvalue weighted by atomic mass is 28.3. The second-order valence-corrected chi connectivity index (χ2v) is 19.1. The van der Waals surface area contributed by atoms with Crippen molar-refractivity contribution < 1.29 is 0 Å². The molecule has 0 N–H and O–H groups in total. The molecule has 8 aliphatic carbocycles. The van der Waals surface area contributed by atoms with Crippen molar-refractivity contribution in [3.05, 3.63) is 12.2 Å². The van der Waals surface area contributed by atoms with Gasteiger partial charge in [-0.25, -0.2) is 0 Å². The maximum Gasteiger partial charge on any atom is 0.0667 e. The first-order valence-corrected chi connectivity index (χ1v) is 16.9. The topological polar surface area (TPSA) is 0 Å². The van der Waals surface area contributed by atoms with Gasteiger partial charge in [0, 0.05) is 0 Å². The van der Waals surface area contributed by atoms with Crippen LogP contribution in [-0.4, -0.2) is 8.07 Å². The second kappa shape index (κ2) is 7.49. The number of unbranched alkanes of at least 4 members (excludes halogenated alkanes) is 3. The van der Waals surface area contributed by atoms with Crippen molar-refractivity contribution in [1.29, 1.82) is 0 Å². The Morgan fingerprint density at radius 3 is 1.40 bits per heavy atom. The quantitative estimate of drug-likeness (QED) is 0.207. The number of rotatable bonds is 8. The van der Waals surface area contributed by atoms with Crippen LogP contribution in [0.3, 0.4) is 0 Å². The van der Waals surface area contributed by atoms with Crippen molar-refractivity contribution in [2.75, 3.05) is 0 Å². The lowest BCUT2D eigenvalue weighted by Gasteiger charge is -2.71. The Morgan fingerprint density at radius 2 is 1.03 bits per heavy atom. The van der Waals surface area contributed by atoms with Gasteiger partial charge in [-0.2, -0.15) is 0 Å². The average molecular weight is 425 g/mol. The van der Waals surface area contributed by atoms with Crippen molar-refractivity contribution in [1.82, 2.24) is 0 Å². The zero-order valence-electron chi connectivity index (χ0n) is 20.1. The highest BCUT2D eigenvalue weighted by Gasteiger charge is 2.68. The molecule has 8 fully saturated rings. The molecular formula is C29H48Si. The minimum atomic E-state index is -1.41. The highest BCUT2D eigenvalue weighted by Crippen LogP contribution is 2.78. The normalized spacial score (nSPS) is 50.5. The zero-order chi connectivity index (χ0) is 20.4. The van der Waals surface area contributed by atoms with Crippen LogP contribution >= 0.6 is 0 Å². The van der Waals surface area contributed by atoms with Crippen molar-refractivity contribution in [3.63, 3.8) is 0 Å². The summed E-state index contributed by atoms with van der Waals surface area (Å²) in [7, 11) is -1.41. The maximum absolute atomic E-state index is 3.02. The molecule has 0 amide bonds. The SMILES string of the molecule is CCCCCC=CC[Si](C)(C12CC3CC(CC(C3)C1)C2)C12CC3CC(CC(C3)C1)C2. The molecular weight excluding hydrogens is 376 g/mol. The summed E-state index contributed by atoms with van der Waals surface area (Å²) in [6, 6.07) is 1.55. The minimum Gasteiger partial charge on any atom is -0.0912 e. The summed E-state index contributed by atoms with van der Waals surface area (Å²) < 4.78 is 0. The van der Waals surface area contributed by atoms with Gasteiger partial charge in [0.25, 0.3) is 0 Å². The molecule has 0 aromatic heterocycles. The molecule has 0 unspecified atom stereocenters. The van der Waals surface area contributed by atoms with E-state index in [4.69, 9.17) is 0 Å². The van der Waals surface area contributed by atoms with E-state index in [1.165, 1.54) is 25.7 Å². The number of hydrogen-bond donors (Lipinski definition) is 0. The Bertz CT molecular complexity index is 557. The maximum atomic E-state index is 3.02. The second-order valence-electron chi connectivity index (χ2n) is 13.9. The van der Waals surface area contributed by atoms with E-state index in [0.717, 1.165) is 45.6 Å². The first kappa shape index (κ1) is 20.6. The number of hydrogen-bond acceptors (Lipinski definition) is 0. The van der Waals surface area contributed by atoms with Crippen LogP contribution in [0.5, 0.6) is 0 Å². The third-order valence-electron chi connectivity index (χ3n) is 12.1. The van der Waals surface area contributed by atoms with Crippen molar-refractivity contribution in [3.8, 4) is 0 Å². The van der Waals surface area contributed by atoms with Crippen LogP contribution in [0.15, 0.2) is 12.2 Å². The Labute approximate surface area is 188 Å². The van der Waals surface area contributed by atoms with Gasteiger partial charge in [-0.05, 0) is 142 Å². The molecule has 30 heavy (non-hydrogen) atoms. The summed E-state index contributed by atoms with van der Waals surface area (Å²) in [5.41, 5.74) is 0. The third-order valence-corrected chi connectivity index (χ3v) is 19.0. The van der Waals surface area contributed by atoms with E-state index < -0.39 is 8.07 Å². The monoisotopic (exact) mass is 424 g/mol. The van der Waals surface area contributed by atoms with Crippen LogP contribution in [0.4, 0.5) is 0 Å². The predicted octanol–water partition coefficient (Wildman–Crippen LogP) is 9.14. The third kappa shape index (κ3) is 3.10. The summed E-state index contributed by atoms with van der Waals surface area (Å²) in [4.78, 5) is 0. The standard InChI is InChI=1S/C29H48Si/c1-3-4-5-6-7-8-9-30(2,28-16-22-10-23(17-28)12-24(11-22)18-28)29-19-25-13-26(20-29)15-27(14-25)21-29/h7-8,22-27H,3-6,9-21H2,1-2H3. The predicted molar refractivity (Wildman–Crippen MR) is 131 cm³/mol. The first-order chi connectivity index (χ1) is 14.5. The lowest BCUT2D eigenvalue weighted by molar-refractivity contribution is 0.000558. The highest BCUT2D eigenvalue weighted by molar-refractivity contribution is 6.85. The molecule has 0 aromatic rings.